The van der Waals surface area contributed by atoms with Crippen molar-refractivity contribution < 1.29 is 0 Å². The minimum Gasteiger partial charge on any atom is -0.355 e. The summed E-state index contributed by atoms with van der Waals surface area (Å²) in [5, 5.41) is 0. The molecule has 0 aromatic carbocycles. The van der Waals surface area contributed by atoms with E-state index in [2.05, 4.69) is 40.5 Å². The van der Waals surface area contributed by atoms with Gasteiger partial charge in [0.15, 0.2) is 0 Å². The van der Waals surface area contributed by atoms with Crippen LogP contribution in [0, 0.1) is 13.8 Å². The van der Waals surface area contributed by atoms with Crippen LogP contribution in [0.1, 0.15) is 38.1 Å². The van der Waals surface area contributed by atoms with Crippen LogP contribution in [0.3, 0.4) is 0 Å². The number of aromatic nitrogens is 2. The molecular formula is C15H26N4. The quantitative estimate of drug-likeness (QED) is 0.834. The van der Waals surface area contributed by atoms with Crippen LogP contribution in [0.5, 0.6) is 0 Å². The van der Waals surface area contributed by atoms with Crippen LogP contribution in [0.4, 0.5) is 5.82 Å². The summed E-state index contributed by atoms with van der Waals surface area (Å²) >= 11 is 0. The third-order valence-electron chi connectivity index (χ3n) is 4.14. The first kappa shape index (κ1) is 14.3. The molecule has 1 aliphatic heterocycles. The van der Waals surface area contributed by atoms with Crippen molar-refractivity contribution in [1.29, 1.82) is 0 Å². The largest absolute Gasteiger partial charge is 0.355 e. The van der Waals surface area contributed by atoms with Gasteiger partial charge in [-0.2, -0.15) is 0 Å². The van der Waals surface area contributed by atoms with Crippen LogP contribution in [0.2, 0.25) is 0 Å². The normalized spacial score (nSPS) is 17.2. The summed E-state index contributed by atoms with van der Waals surface area (Å²) in [4.78, 5) is 14.1. The molecule has 19 heavy (non-hydrogen) atoms. The predicted molar refractivity (Wildman–Crippen MR) is 79.7 cm³/mol. The Hall–Kier alpha value is -1.16. The maximum atomic E-state index is 4.66. The zero-order chi connectivity index (χ0) is 13.8. The Balaban J connectivity index is 2.01. The summed E-state index contributed by atoms with van der Waals surface area (Å²) in [6.45, 7) is 13.1. The molecule has 1 fully saturated rings. The van der Waals surface area contributed by atoms with Gasteiger partial charge < -0.3 is 9.80 Å². The van der Waals surface area contributed by atoms with E-state index in [1.165, 1.54) is 12.8 Å². The Morgan fingerprint density at radius 1 is 1.21 bits per heavy atom. The van der Waals surface area contributed by atoms with Crippen molar-refractivity contribution in [3.05, 3.63) is 17.6 Å². The lowest BCUT2D eigenvalue weighted by atomic mass is 10.0. The van der Waals surface area contributed by atoms with E-state index in [-0.39, 0.29) is 0 Å². The molecule has 106 valence electrons. The first-order valence-electron chi connectivity index (χ1n) is 7.45. The van der Waals surface area contributed by atoms with Crippen molar-refractivity contribution in [2.45, 2.75) is 46.6 Å². The molecule has 4 nitrogen and oxygen atoms in total. The summed E-state index contributed by atoms with van der Waals surface area (Å²) in [6.07, 6.45) is 4.31. The zero-order valence-corrected chi connectivity index (χ0v) is 12.7. The van der Waals surface area contributed by atoms with Crippen molar-refractivity contribution in [3.63, 3.8) is 0 Å². The highest BCUT2D eigenvalue weighted by Gasteiger charge is 2.24. The van der Waals surface area contributed by atoms with Crippen LogP contribution >= 0.6 is 0 Å². The monoisotopic (exact) mass is 262 g/mol. The molecule has 1 saturated heterocycles. The van der Waals surface area contributed by atoms with Crippen molar-refractivity contribution in [1.82, 2.24) is 14.9 Å². The van der Waals surface area contributed by atoms with Gasteiger partial charge in [-0.25, -0.2) is 4.98 Å². The number of aryl methyl sites for hydroxylation is 2. The number of rotatable bonds is 4. The van der Waals surface area contributed by atoms with E-state index in [0.29, 0.717) is 0 Å². The summed E-state index contributed by atoms with van der Waals surface area (Å²) < 4.78 is 0. The summed E-state index contributed by atoms with van der Waals surface area (Å²) in [7, 11) is 0. The average molecular weight is 262 g/mol. The van der Waals surface area contributed by atoms with Crippen LogP contribution in [-0.2, 0) is 0 Å². The van der Waals surface area contributed by atoms with Gasteiger partial charge in [0.25, 0.3) is 0 Å². The number of nitrogens with zero attached hydrogens (tertiary/aromatic N) is 4. The predicted octanol–water partition coefficient (Wildman–Crippen LogP) is 2.40. The van der Waals surface area contributed by atoms with Gasteiger partial charge in [0.05, 0.1) is 11.4 Å². The SMILES string of the molecule is CCN(CC)C1CCN(c2nc(C)cnc2C)CC1. The van der Waals surface area contributed by atoms with Crippen molar-refractivity contribution in [3.8, 4) is 0 Å². The number of hydrogen-bond acceptors (Lipinski definition) is 4. The Morgan fingerprint density at radius 2 is 1.84 bits per heavy atom. The van der Waals surface area contributed by atoms with E-state index in [9.17, 15) is 0 Å². The Morgan fingerprint density at radius 3 is 2.42 bits per heavy atom. The van der Waals surface area contributed by atoms with Gasteiger partial charge in [0.1, 0.15) is 5.82 Å². The second-order valence-corrected chi connectivity index (χ2v) is 5.36. The van der Waals surface area contributed by atoms with Gasteiger partial charge in [0.2, 0.25) is 0 Å². The standard InChI is InChI=1S/C15H26N4/c1-5-18(6-2)14-7-9-19(10-8-14)15-13(4)16-11-12(3)17-15/h11,14H,5-10H2,1-4H3. The second-order valence-electron chi connectivity index (χ2n) is 5.36. The van der Waals surface area contributed by atoms with Crippen LogP contribution < -0.4 is 4.90 Å². The van der Waals surface area contributed by atoms with E-state index in [4.69, 9.17) is 0 Å². The second kappa shape index (κ2) is 6.33. The molecule has 0 radical (unpaired) electrons. The fraction of sp³-hybridized carbons (Fsp3) is 0.733. The van der Waals surface area contributed by atoms with E-state index in [0.717, 1.165) is 49.4 Å². The minimum absolute atomic E-state index is 0.740. The molecule has 1 aliphatic rings. The fourth-order valence-electron chi connectivity index (χ4n) is 3.01. The molecule has 2 heterocycles. The summed E-state index contributed by atoms with van der Waals surface area (Å²) in [5.74, 6) is 1.08. The molecule has 0 unspecified atom stereocenters. The molecule has 2 rings (SSSR count). The van der Waals surface area contributed by atoms with Gasteiger partial charge in [-0.15, -0.1) is 0 Å². The Labute approximate surface area is 116 Å². The highest BCUT2D eigenvalue weighted by molar-refractivity contribution is 5.43. The molecular weight excluding hydrogens is 236 g/mol. The van der Waals surface area contributed by atoms with Crippen molar-refractivity contribution in [2.75, 3.05) is 31.1 Å². The summed E-state index contributed by atoms with van der Waals surface area (Å²) in [5.41, 5.74) is 2.05. The molecule has 0 bridgehead atoms. The van der Waals surface area contributed by atoms with E-state index < -0.39 is 0 Å². The number of hydrogen-bond donors (Lipinski definition) is 0. The Bertz CT molecular complexity index is 407. The van der Waals surface area contributed by atoms with E-state index >= 15 is 0 Å². The first-order chi connectivity index (χ1) is 9.15. The van der Waals surface area contributed by atoms with Gasteiger partial charge in [-0.3, -0.25) is 4.98 Å². The average Bonchev–Trinajstić information content (AvgIpc) is 2.44. The Kier molecular flexibility index (Phi) is 4.75. The van der Waals surface area contributed by atoms with Gasteiger partial charge in [-0.05, 0) is 39.8 Å². The molecule has 0 amide bonds. The molecule has 4 heteroatoms. The number of anilines is 1. The smallest absolute Gasteiger partial charge is 0.150 e. The summed E-state index contributed by atoms with van der Waals surface area (Å²) in [6, 6.07) is 0.740. The van der Waals surface area contributed by atoms with Crippen molar-refractivity contribution in [2.24, 2.45) is 0 Å². The van der Waals surface area contributed by atoms with Crippen molar-refractivity contribution >= 4 is 5.82 Å². The molecule has 0 N–H and O–H groups in total. The lowest BCUT2D eigenvalue weighted by Crippen LogP contribution is -2.45. The van der Waals surface area contributed by atoms with Gasteiger partial charge in [-0.1, -0.05) is 13.8 Å². The fourth-order valence-corrected chi connectivity index (χ4v) is 3.01. The maximum Gasteiger partial charge on any atom is 0.150 e. The molecule has 0 saturated carbocycles. The third-order valence-corrected chi connectivity index (χ3v) is 4.14. The minimum atomic E-state index is 0.740. The highest BCUT2D eigenvalue weighted by Crippen LogP contribution is 2.22. The molecule has 1 aromatic rings. The lowest BCUT2D eigenvalue weighted by Gasteiger charge is -2.38. The van der Waals surface area contributed by atoms with Crippen LogP contribution in [-0.4, -0.2) is 47.1 Å². The molecule has 0 atom stereocenters. The van der Waals surface area contributed by atoms with E-state index in [1.54, 1.807) is 0 Å². The molecule has 1 aromatic heterocycles. The topological polar surface area (TPSA) is 32.3 Å². The lowest BCUT2D eigenvalue weighted by molar-refractivity contribution is 0.186. The maximum absolute atomic E-state index is 4.66. The molecule has 0 spiro atoms. The van der Waals surface area contributed by atoms with Gasteiger partial charge >= 0.3 is 0 Å². The van der Waals surface area contributed by atoms with Gasteiger partial charge in [0, 0.05) is 25.3 Å². The number of piperidine rings is 1. The molecule has 0 aliphatic carbocycles. The first-order valence-corrected chi connectivity index (χ1v) is 7.45. The zero-order valence-electron chi connectivity index (χ0n) is 12.7. The van der Waals surface area contributed by atoms with Crippen LogP contribution in [0.25, 0.3) is 0 Å². The van der Waals surface area contributed by atoms with E-state index in [1.807, 2.05) is 13.1 Å². The van der Waals surface area contributed by atoms with Crippen LogP contribution in [0.15, 0.2) is 6.20 Å². The third kappa shape index (κ3) is 3.24. The highest BCUT2D eigenvalue weighted by atomic mass is 15.2.